The Hall–Kier alpha value is -3.28. The largest absolute Gasteiger partial charge is 0.494 e. The van der Waals surface area contributed by atoms with Crippen molar-refractivity contribution in [3.63, 3.8) is 0 Å². The summed E-state index contributed by atoms with van der Waals surface area (Å²) < 4.78 is 69.0. The highest BCUT2D eigenvalue weighted by atomic mass is 32.2. The summed E-state index contributed by atoms with van der Waals surface area (Å²) in [5.41, 5.74) is 0.370. The highest BCUT2D eigenvalue weighted by Crippen LogP contribution is 2.29. The molecule has 2 amide bonds. The first kappa shape index (κ1) is 23.0. The van der Waals surface area contributed by atoms with Gasteiger partial charge in [-0.2, -0.15) is 13.2 Å². The normalized spacial score (nSPS) is 11.5. The van der Waals surface area contributed by atoms with Crippen LogP contribution in [0.5, 0.6) is 5.75 Å². The molecule has 2 aromatic rings. The Morgan fingerprint density at radius 3 is 2.23 bits per heavy atom. The Morgan fingerprint density at radius 1 is 1.07 bits per heavy atom. The fourth-order valence-corrected chi connectivity index (χ4v) is 3.38. The first-order valence-corrected chi connectivity index (χ1v) is 9.83. The molecule has 0 saturated carbocycles. The van der Waals surface area contributed by atoms with Crippen molar-refractivity contribution in [2.75, 3.05) is 23.7 Å². The zero-order valence-electron chi connectivity index (χ0n) is 15.8. The Morgan fingerprint density at radius 2 is 1.70 bits per heavy atom. The smallest absolute Gasteiger partial charge is 0.405 e. The van der Waals surface area contributed by atoms with Gasteiger partial charge in [-0.3, -0.25) is 14.3 Å². The second kappa shape index (κ2) is 9.03. The van der Waals surface area contributed by atoms with E-state index in [0.717, 1.165) is 24.3 Å². The lowest BCUT2D eigenvalue weighted by Gasteiger charge is -2.13. The molecular weight excluding hydrogens is 427 g/mol. The third-order valence-electron chi connectivity index (χ3n) is 3.64. The summed E-state index contributed by atoms with van der Waals surface area (Å²) in [7, 11) is -2.71. The van der Waals surface area contributed by atoms with E-state index in [4.69, 9.17) is 4.74 Å². The summed E-state index contributed by atoms with van der Waals surface area (Å²) in [6, 6.07) is 8.60. The Kier molecular flexibility index (Phi) is 6.92. The van der Waals surface area contributed by atoms with E-state index in [9.17, 15) is 31.2 Å². The molecule has 0 spiro atoms. The second-order valence-corrected chi connectivity index (χ2v) is 7.71. The maximum absolute atomic E-state index is 12.5. The lowest BCUT2D eigenvalue weighted by atomic mass is 10.2. The summed E-state index contributed by atoms with van der Waals surface area (Å²) in [5.74, 6) is -1.09. The average molecular weight is 445 g/mol. The number of rotatable bonds is 7. The first-order chi connectivity index (χ1) is 13.9. The third-order valence-corrected chi connectivity index (χ3v) is 5.04. The van der Waals surface area contributed by atoms with Gasteiger partial charge in [-0.05, 0) is 36.4 Å². The predicted octanol–water partition coefficient (Wildman–Crippen LogP) is 2.75. The second-order valence-electron chi connectivity index (χ2n) is 6.02. The fraction of sp³-hybridized carbons (Fsp3) is 0.222. The maximum Gasteiger partial charge on any atom is 0.405 e. The van der Waals surface area contributed by atoms with Crippen LogP contribution in [-0.4, -0.2) is 40.1 Å². The SMILES string of the molecule is COc1cc(NS(=O)(=O)c2ccc(C(=O)NCC(F)(F)F)cc2)ccc1NC(C)=O. The van der Waals surface area contributed by atoms with Crippen molar-refractivity contribution in [3.8, 4) is 5.75 Å². The van der Waals surface area contributed by atoms with Gasteiger partial charge in [-0.1, -0.05) is 0 Å². The van der Waals surface area contributed by atoms with Gasteiger partial charge in [0.2, 0.25) is 5.91 Å². The van der Waals surface area contributed by atoms with Gasteiger partial charge in [0, 0.05) is 18.6 Å². The molecule has 12 heteroatoms. The predicted molar refractivity (Wildman–Crippen MR) is 103 cm³/mol. The molecule has 0 fully saturated rings. The number of anilines is 2. The zero-order chi connectivity index (χ0) is 22.5. The lowest BCUT2D eigenvalue weighted by Crippen LogP contribution is -2.33. The van der Waals surface area contributed by atoms with Gasteiger partial charge in [0.25, 0.3) is 15.9 Å². The van der Waals surface area contributed by atoms with E-state index in [1.807, 2.05) is 0 Å². The molecule has 8 nitrogen and oxygen atoms in total. The number of alkyl halides is 3. The van der Waals surface area contributed by atoms with E-state index in [1.54, 1.807) is 5.32 Å². The van der Waals surface area contributed by atoms with Crippen molar-refractivity contribution in [3.05, 3.63) is 48.0 Å². The number of nitrogens with one attached hydrogen (secondary N) is 3. The number of amides is 2. The maximum atomic E-state index is 12.5. The summed E-state index contributed by atoms with van der Waals surface area (Å²) in [6.07, 6.45) is -4.56. The summed E-state index contributed by atoms with van der Waals surface area (Å²) in [4.78, 5) is 22.7. The van der Waals surface area contributed by atoms with Crippen molar-refractivity contribution in [1.29, 1.82) is 0 Å². The summed E-state index contributed by atoms with van der Waals surface area (Å²) in [6.45, 7) is -0.188. The number of carbonyl (C=O) groups excluding carboxylic acids is 2. The molecule has 0 bridgehead atoms. The zero-order valence-corrected chi connectivity index (χ0v) is 16.6. The molecule has 0 aromatic heterocycles. The van der Waals surface area contributed by atoms with Crippen molar-refractivity contribution < 1.29 is 35.9 Å². The van der Waals surface area contributed by atoms with Crippen molar-refractivity contribution >= 4 is 33.2 Å². The lowest BCUT2D eigenvalue weighted by molar-refractivity contribution is -0.123. The van der Waals surface area contributed by atoms with Crippen LogP contribution in [0.25, 0.3) is 0 Å². The van der Waals surface area contributed by atoms with E-state index in [0.29, 0.717) is 5.69 Å². The van der Waals surface area contributed by atoms with Gasteiger partial charge < -0.3 is 15.4 Å². The summed E-state index contributed by atoms with van der Waals surface area (Å²) in [5, 5.41) is 4.23. The van der Waals surface area contributed by atoms with Crippen molar-refractivity contribution in [2.24, 2.45) is 0 Å². The number of halogens is 3. The summed E-state index contributed by atoms with van der Waals surface area (Å²) >= 11 is 0. The van der Waals surface area contributed by atoms with Gasteiger partial charge in [0.1, 0.15) is 12.3 Å². The number of benzene rings is 2. The highest BCUT2D eigenvalue weighted by molar-refractivity contribution is 7.92. The van der Waals surface area contributed by atoms with Crippen LogP contribution in [0.15, 0.2) is 47.4 Å². The van der Waals surface area contributed by atoms with E-state index in [1.165, 1.54) is 32.2 Å². The molecule has 0 heterocycles. The standard InChI is InChI=1S/C18H18F3N3O5S/c1-11(25)23-15-8-5-13(9-16(15)29-2)24-30(27,28)14-6-3-12(4-7-14)17(26)22-10-18(19,20)21/h3-9,24H,10H2,1-2H3,(H,22,26)(H,23,25). The molecule has 0 radical (unpaired) electrons. The third kappa shape index (κ3) is 6.37. The van der Waals surface area contributed by atoms with Gasteiger partial charge in [0.15, 0.2) is 0 Å². The molecule has 0 aliphatic carbocycles. The Labute approximate surface area is 170 Å². The molecule has 0 aliphatic heterocycles. The monoisotopic (exact) mass is 445 g/mol. The van der Waals surface area contributed by atoms with E-state index >= 15 is 0 Å². The van der Waals surface area contributed by atoms with Crippen LogP contribution in [0.2, 0.25) is 0 Å². The number of carbonyl (C=O) groups is 2. The first-order valence-electron chi connectivity index (χ1n) is 8.35. The van der Waals surface area contributed by atoms with Crippen LogP contribution in [-0.2, 0) is 14.8 Å². The van der Waals surface area contributed by atoms with Crippen LogP contribution in [0.1, 0.15) is 17.3 Å². The van der Waals surface area contributed by atoms with Crippen LogP contribution in [0.4, 0.5) is 24.5 Å². The van der Waals surface area contributed by atoms with Crippen molar-refractivity contribution in [1.82, 2.24) is 5.32 Å². The van der Waals surface area contributed by atoms with Crippen LogP contribution in [0, 0.1) is 0 Å². The van der Waals surface area contributed by atoms with E-state index in [2.05, 4.69) is 10.0 Å². The molecule has 2 rings (SSSR count). The highest BCUT2D eigenvalue weighted by Gasteiger charge is 2.28. The molecule has 0 unspecified atom stereocenters. The Balaban J connectivity index is 2.16. The number of sulfonamides is 1. The number of ether oxygens (including phenoxy) is 1. The van der Waals surface area contributed by atoms with Crippen LogP contribution < -0.4 is 20.1 Å². The molecule has 2 aromatic carbocycles. The molecule has 3 N–H and O–H groups in total. The Bertz CT molecular complexity index is 1040. The number of hydrogen-bond donors (Lipinski definition) is 3. The topological polar surface area (TPSA) is 114 Å². The van der Waals surface area contributed by atoms with E-state index < -0.39 is 28.7 Å². The fourth-order valence-electron chi connectivity index (χ4n) is 2.33. The van der Waals surface area contributed by atoms with Crippen LogP contribution >= 0.6 is 0 Å². The minimum atomic E-state index is -4.56. The average Bonchev–Trinajstić information content (AvgIpc) is 2.66. The van der Waals surface area contributed by atoms with Crippen molar-refractivity contribution in [2.45, 2.75) is 18.0 Å². The van der Waals surface area contributed by atoms with Crippen LogP contribution in [0.3, 0.4) is 0 Å². The number of methoxy groups -OCH3 is 1. The van der Waals surface area contributed by atoms with Gasteiger partial charge in [-0.15, -0.1) is 0 Å². The molecule has 30 heavy (non-hydrogen) atoms. The van der Waals surface area contributed by atoms with Gasteiger partial charge in [-0.25, -0.2) is 8.42 Å². The van der Waals surface area contributed by atoms with E-state index in [-0.39, 0.29) is 27.8 Å². The molecular formula is C18H18F3N3O5S. The molecule has 0 aliphatic rings. The minimum Gasteiger partial charge on any atom is -0.494 e. The van der Waals surface area contributed by atoms with Gasteiger partial charge in [0.05, 0.1) is 23.4 Å². The number of hydrogen-bond acceptors (Lipinski definition) is 5. The minimum absolute atomic E-state index is 0.125. The molecule has 162 valence electrons. The molecule has 0 saturated heterocycles. The molecule has 0 atom stereocenters. The quantitative estimate of drug-likeness (QED) is 0.607. The van der Waals surface area contributed by atoms with Gasteiger partial charge >= 0.3 is 6.18 Å².